The molecule has 2 rings (SSSR count). The number of hydrogen-bond acceptors (Lipinski definition) is 2. The second-order valence-electron chi connectivity index (χ2n) is 3.48. The van der Waals surface area contributed by atoms with Crippen LogP contribution in [-0.2, 0) is 0 Å². The Morgan fingerprint density at radius 1 is 1.06 bits per heavy atom. The Morgan fingerprint density at radius 3 is 2.39 bits per heavy atom. The van der Waals surface area contributed by atoms with Crippen LogP contribution in [-0.4, -0.2) is 16.1 Å². The molecule has 3 nitrogen and oxygen atoms in total. The van der Waals surface area contributed by atoms with E-state index < -0.39 is 5.97 Å². The van der Waals surface area contributed by atoms with E-state index in [9.17, 15) is 4.79 Å². The number of carbonyl (C=O) groups is 1. The molecule has 1 heterocycles. The van der Waals surface area contributed by atoms with E-state index in [0.717, 1.165) is 0 Å². The molecule has 0 radical (unpaired) electrons. The summed E-state index contributed by atoms with van der Waals surface area (Å²) in [5.74, 6) is -1.15. The fourth-order valence-corrected chi connectivity index (χ4v) is 2.07. The summed E-state index contributed by atoms with van der Waals surface area (Å²) in [7, 11) is 0. The molecule has 6 heteroatoms. The molecule has 0 aliphatic carbocycles. The zero-order valence-corrected chi connectivity index (χ0v) is 11.1. The van der Waals surface area contributed by atoms with Crippen molar-refractivity contribution < 1.29 is 9.90 Å². The number of pyridine rings is 1. The molecule has 2 aromatic rings. The highest BCUT2D eigenvalue weighted by Gasteiger charge is 2.16. The summed E-state index contributed by atoms with van der Waals surface area (Å²) in [5, 5.41) is 10.3. The van der Waals surface area contributed by atoms with E-state index in [0.29, 0.717) is 26.2 Å². The largest absolute Gasteiger partial charge is 0.476 e. The van der Waals surface area contributed by atoms with Gasteiger partial charge >= 0.3 is 5.97 Å². The maximum atomic E-state index is 11.1. The van der Waals surface area contributed by atoms with Crippen molar-refractivity contribution in [2.24, 2.45) is 0 Å². The van der Waals surface area contributed by atoms with Crippen LogP contribution in [0.3, 0.4) is 0 Å². The van der Waals surface area contributed by atoms with Crippen LogP contribution in [0.5, 0.6) is 0 Å². The van der Waals surface area contributed by atoms with E-state index >= 15 is 0 Å². The molecular formula is C12H6Cl3NO2. The first-order valence-corrected chi connectivity index (χ1v) is 5.96. The quantitative estimate of drug-likeness (QED) is 0.894. The molecule has 1 N–H and O–H groups in total. The van der Waals surface area contributed by atoms with Crippen LogP contribution in [0.2, 0.25) is 15.1 Å². The monoisotopic (exact) mass is 301 g/mol. The Balaban J connectivity index is 2.73. The number of aromatic carboxylic acids is 1. The number of hydrogen-bond donors (Lipinski definition) is 1. The molecule has 0 fully saturated rings. The summed E-state index contributed by atoms with van der Waals surface area (Å²) >= 11 is 17.7. The second-order valence-corrected chi connectivity index (χ2v) is 4.76. The number of carboxylic acid groups (broad SMARTS) is 1. The van der Waals surface area contributed by atoms with E-state index in [1.165, 1.54) is 12.3 Å². The van der Waals surface area contributed by atoms with Crippen molar-refractivity contribution >= 4 is 40.8 Å². The number of benzene rings is 1. The molecule has 0 atom stereocenters. The predicted molar refractivity (Wildman–Crippen MR) is 71.7 cm³/mol. The van der Waals surface area contributed by atoms with E-state index in [4.69, 9.17) is 39.9 Å². The Hall–Kier alpha value is -1.29. The number of carboxylic acids is 1. The molecule has 92 valence electrons. The lowest BCUT2D eigenvalue weighted by Gasteiger charge is -2.08. The van der Waals surface area contributed by atoms with Gasteiger partial charge in [-0.15, -0.1) is 0 Å². The SMILES string of the molecule is O=C(O)c1ncc(Cl)cc1-c1cc(Cl)ccc1Cl. The summed E-state index contributed by atoms with van der Waals surface area (Å²) in [6, 6.07) is 6.27. The van der Waals surface area contributed by atoms with Crippen molar-refractivity contribution in [3.8, 4) is 11.1 Å². The third-order valence-corrected chi connectivity index (χ3v) is 3.05. The van der Waals surface area contributed by atoms with Gasteiger partial charge in [-0.05, 0) is 24.3 Å². The first-order valence-electron chi connectivity index (χ1n) is 4.83. The summed E-state index contributed by atoms with van der Waals surface area (Å²) < 4.78 is 0. The van der Waals surface area contributed by atoms with Crippen molar-refractivity contribution in [1.29, 1.82) is 0 Å². The smallest absolute Gasteiger partial charge is 0.355 e. The van der Waals surface area contributed by atoms with Gasteiger partial charge in [0.2, 0.25) is 0 Å². The average Bonchev–Trinajstić information content (AvgIpc) is 2.31. The summed E-state index contributed by atoms with van der Waals surface area (Å²) in [5.41, 5.74) is 0.697. The molecule has 0 aliphatic rings. The minimum Gasteiger partial charge on any atom is -0.476 e. The van der Waals surface area contributed by atoms with Crippen molar-refractivity contribution in [3.05, 3.63) is 51.2 Å². The van der Waals surface area contributed by atoms with Crippen LogP contribution in [0.25, 0.3) is 11.1 Å². The highest BCUT2D eigenvalue weighted by molar-refractivity contribution is 6.36. The fourth-order valence-electron chi connectivity index (χ4n) is 1.52. The second kappa shape index (κ2) is 5.14. The van der Waals surface area contributed by atoms with Gasteiger partial charge in [0.25, 0.3) is 0 Å². The first kappa shape index (κ1) is 13.1. The highest BCUT2D eigenvalue weighted by Crippen LogP contribution is 2.33. The number of rotatable bonds is 2. The van der Waals surface area contributed by atoms with Crippen molar-refractivity contribution in [3.63, 3.8) is 0 Å². The van der Waals surface area contributed by atoms with E-state index in [1.54, 1.807) is 18.2 Å². The van der Waals surface area contributed by atoms with E-state index in [-0.39, 0.29) is 5.69 Å². The van der Waals surface area contributed by atoms with Gasteiger partial charge in [-0.2, -0.15) is 0 Å². The Labute approximate surface area is 118 Å². The molecule has 1 aromatic heterocycles. The minimum atomic E-state index is -1.15. The Bertz CT molecular complexity index is 629. The van der Waals surface area contributed by atoms with Gasteiger partial charge in [0.1, 0.15) is 0 Å². The zero-order chi connectivity index (χ0) is 13.3. The number of aromatic nitrogens is 1. The van der Waals surface area contributed by atoms with Crippen molar-refractivity contribution in [1.82, 2.24) is 4.98 Å². The highest BCUT2D eigenvalue weighted by atomic mass is 35.5. The lowest BCUT2D eigenvalue weighted by molar-refractivity contribution is 0.0691. The maximum absolute atomic E-state index is 11.1. The van der Waals surface area contributed by atoms with Crippen LogP contribution in [0.15, 0.2) is 30.5 Å². The van der Waals surface area contributed by atoms with Gasteiger partial charge < -0.3 is 5.11 Å². The van der Waals surface area contributed by atoms with Crippen molar-refractivity contribution in [2.45, 2.75) is 0 Å². The van der Waals surface area contributed by atoms with E-state index in [2.05, 4.69) is 4.98 Å². The van der Waals surface area contributed by atoms with Crippen LogP contribution >= 0.6 is 34.8 Å². The predicted octanol–water partition coefficient (Wildman–Crippen LogP) is 4.41. The fraction of sp³-hybridized carbons (Fsp3) is 0. The first-order chi connectivity index (χ1) is 8.49. The molecule has 18 heavy (non-hydrogen) atoms. The molecule has 0 amide bonds. The summed E-state index contributed by atoms with van der Waals surface area (Å²) in [6.07, 6.45) is 1.27. The number of nitrogens with zero attached hydrogens (tertiary/aromatic N) is 1. The van der Waals surface area contributed by atoms with Gasteiger partial charge in [0.15, 0.2) is 5.69 Å². The standard InChI is InChI=1S/C12H6Cl3NO2/c13-6-1-2-10(15)8(3-6)9-4-7(14)5-16-11(9)12(17)18/h1-5H,(H,17,18). The summed E-state index contributed by atoms with van der Waals surface area (Å²) in [4.78, 5) is 14.9. The van der Waals surface area contributed by atoms with Crippen LogP contribution in [0.4, 0.5) is 0 Å². The van der Waals surface area contributed by atoms with Gasteiger partial charge in [-0.3, -0.25) is 0 Å². The molecule has 0 bridgehead atoms. The van der Waals surface area contributed by atoms with Gasteiger partial charge in [0.05, 0.1) is 5.02 Å². The molecule has 0 spiro atoms. The molecule has 0 saturated carbocycles. The van der Waals surface area contributed by atoms with Gasteiger partial charge in [-0.1, -0.05) is 34.8 Å². The average molecular weight is 303 g/mol. The zero-order valence-electron chi connectivity index (χ0n) is 8.82. The number of halogens is 3. The van der Waals surface area contributed by atoms with Crippen LogP contribution in [0.1, 0.15) is 10.5 Å². The normalized spacial score (nSPS) is 10.4. The summed E-state index contributed by atoms with van der Waals surface area (Å²) in [6.45, 7) is 0. The Kier molecular flexibility index (Phi) is 3.76. The molecule has 0 unspecified atom stereocenters. The van der Waals surface area contributed by atoms with E-state index in [1.807, 2.05) is 0 Å². The topological polar surface area (TPSA) is 50.2 Å². The molecule has 0 saturated heterocycles. The Morgan fingerprint density at radius 2 is 1.72 bits per heavy atom. The minimum absolute atomic E-state index is 0.122. The van der Waals surface area contributed by atoms with Gasteiger partial charge in [0, 0.05) is 27.4 Å². The molecule has 0 aliphatic heterocycles. The van der Waals surface area contributed by atoms with Crippen molar-refractivity contribution in [2.75, 3.05) is 0 Å². The van der Waals surface area contributed by atoms with Crippen LogP contribution in [0, 0.1) is 0 Å². The third kappa shape index (κ3) is 2.58. The van der Waals surface area contributed by atoms with Crippen LogP contribution < -0.4 is 0 Å². The lowest BCUT2D eigenvalue weighted by atomic mass is 10.0. The molecule has 1 aromatic carbocycles. The molecular weight excluding hydrogens is 296 g/mol. The van der Waals surface area contributed by atoms with Gasteiger partial charge in [-0.25, -0.2) is 9.78 Å². The third-order valence-electron chi connectivity index (χ3n) is 2.28. The lowest BCUT2D eigenvalue weighted by Crippen LogP contribution is -2.03. The maximum Gasteiger partial charge on any atom is 0.355 e.